The normalized spacial score (nSPS) is 15.3. The average molecular weight is 404 g/mol. The topological polar surface area (TPSA) is 29.5 Å². The molecule has 138 valence electrons. The molecule has 0 radical (unpaired) electrons. The quantitative estimate of drug-likeness (QED) is 0.405. The van der Waals surface area contributed by atoms with Crippen LogP contribution in [0.4, 0.5) is 5.69 Å². The number of nitrogens with zero attached hydrogens (tertiary/aromatic N) is 1. The van der Waals surface area contributed by atoms with Crippen LogP contribution in [-0.2, 0) is 11.4 Å². The third kappa shape index (κ3) is 4.16. The van der Waals surface area contributed by atoms with Crippen molar-refractivity contribution in [2.24, 2.45) is 0 Å². The summed E-state index contributed by atoms with van der Waals surface area (Å²) in [5.74, 6) is 0.698. The molecule has 3 aromatic rings. The van der Waals surface area contributed by atoms with Crippen LogP contribution in [0.2, 0.25) is 0 Å². The standard InChI is InChI=1S/C23H17NO2S2/c25-22-21(28-23(27)24(22)19-9-5-2-6-10-19)15-17-11-13-20(14-12-17)26-16-18-7-3-1-4-8-18/h1-15H,16H2/b21-15-. The molecule has 1 amide bonds. The van der Waals surface area contributed by atoms with Crippen molar-refractivity contribution < 1.29 is 9.53 Å². The number of anilines is 1. The summed E-state index contributed by atoms with van der Waals surface area (Å²) in [5, 5.41) is 0. The lowest BCUT2D eigenvalue weighted by Gasteiger charge is -2.13. The fourth-order valence-electron chi connectivity index (χ4n) is 2.82. The second-order valence-corrected chi connectivity index (χ2v) is 7.87. The van der Waals surface area contributed by atoms with E-state index in [0.29, 0.717) is 15.8 Å². The first-order valence-corrected chi connectivity index (χ1v) is 10.0. The second-order valence-electron chi connectivity index (χ2n) is 6.20. The molecular formula is C23H17NO2S2. The van der Waals surface area contributed by atoms with Gasteiger partial charge in [-0.15, -0.1) is 0 Å². The molecule has 1 saturated heterocycles. The maximum absolute atomic E-state index is 12.8. The van der Waals surface area contributed by atoms with Gasteiger partial charge in [0, 0.05) is 0 Å². The Morgan fingerprint density at radius 2 is 1.54 bits per heavy atom. The maximum Gasteiger partial charge on any atom is 0.270 e. The Morgan fingerprint density at radius 1 is 0.893 bits per heavy atom. The van der Waals surface area contributed by atoms with Gasteiger partial charge in [-0.05, 0) is 41.5 Å². The molecule has 0 aromatic heterocycles. The van der Waals surface area contributed by atoms with Crippen LogP contribution in [0, 0.1) is 0 Å². The smallest absolute Gasteiger partial charge is 0.270 e. The third-order valence-corrected chi connectivity index (χ3v) is 5.54. The lowest BCUT2D eigenvalue weighted by atomic mass is 10.2. The van der Waals surface area contributed by atoms with Gasteiger partial charge in [0.2, 0.25) is 0 Å². The molecule has 0 spiro atoms. The number of benzene rings is 3. The van der Waals surface area contributed by atoms with E-state index >= 15 is 0 Å². The van der Waals surface area contributed by atoms with E-state index in [1.807, 2.05) is 91.0 Å². The molecule has 4 rings (SSSR count). The lowest BCUT2D eigenvalue weighted by molar-refractivity contribution is -0.113. The van der Waals surface area contributed by atoms with E-state index in [-0.39, 0.29) is 5.91 Å². The first kappa shape index (κ1) is 18.5. The van der Waals surface area contributed by atoms with Gasteiger partial charge in [-0.3, -0.25) is 9.69 Å². The van der Waals surface area contributed by atoms with E-state index in [9.17, 15) is 4.79 Å². The number of hydrogen-bond donors (Lipinski definition) is 0. The van der Waals surface area contributed by atoms with Crippen LogP contribution in [-0.4, -0.2) is 10.2 Å². The van der Waals surface area contributed by atoms with Gasteiger partial charge in [0.15, 0.2) is 4.32 Å². The Morgan fingerprint density at radius 3 is 2.21 bits per heavy atom. The highest BCUT2D eigenvalue weighted by molar-refractivity contribution is 8.27. The van der Waals surface area contributed by atoms with Gasteiger partial charge in [-0.25, -0.2) is 0 Å². The molecule has 1 fully saturated rings. The van der Waals surface area contributed by atoms with E-state index in [2.05, 4.69) is 0 Å². The summed E-state index contributed by atoms with van der Waals surface area (Å²) in [5.41, 5.74) is 2.84. The molecule has 1 aliphatic rings. The van der Waals surface area contributed by atoms with E-state index in [1.54, 1.807) is 4.90 Å². The molecule has 28 heavy (non-hydrogen) atoms. The minimum Gasteiger partial charge on any atom is -0.489 e. The van der Waals surface area contributed by atoms with Crippen molar-refractivity contribution in [2.45, 2.75) is 6.61 Å². The van der Waals surface area contributed by atoms with Gasteiger partial charge >= 0.3 is 0 Å². The molecule has 5 heteroatoms. The maximum atomic E-state index is 12.8. The number of thiocarbonyl (C=S) groups is 1. The van der Waals surface area contributed by atoms with Gasteiger partial charge in [-0.1, -0.05) is 84.6 Å². The zero-order chi connectivity index (χ0) is 19.3. The van der Waals surface area contributed by atoms with E-state index in [1.165, 1.54) is 11.8 Å². The van der Waals surface area contributed by atoms with Crippen molar-refractivity contribution in [2.75, 3.05) is 4.90 Å². The summed E-state index contributed by atoms with van der Waals surface area (Å²) >= 11 is 6.72. The molecule has 0 unspecified atom stereocenters. The Bertz CT molecular complexity index is 1020. The molecular weight excluding hydrogens is 386 g/mol. The number of thioether (sulfide) groups is 1. The van der Waals surface area contributed by atoms with E-state index in [4.69, 9.17) is 17.0 Å². The number of para-hydroxylation sites is 1. The predicted octanol–water partition coefficient (Wildman–Crippen LogP) is 5.67. The molecule has 0 N–H and O–H groups in total. The first-order valence-electron chi connectivity index (χ1n) is 8.80. The number of carbonyl (C=O) groups excluding carboxylic acids is 1. The van der Waals surface area contributed by atoms with Crippen LogP contribution in [0.5, 0.6) is 5.75 Å². The molecule has 3 aromatic carbocycles. The summed E-state index contributed by atoms with van der Waals surface area (Å²) in [6.45, 7) is 0.524. The molecule has 0 saturated carbocycles. The zero-order valence-corrected chi connectivity index (χ0v) is 16.6. The summed E-state index contributed by atoms with van der Waals surface area (Å²) in [6, 6.07) is 27.2. The highest BCUT2D eigenvalue weighted by Gasteiger charge is 2.33. The van der Waals surface area contributed by atoms with Crippen molar-refractivity contribution in [3.8, 4) is 5.75 Å². The molecule has 3 nitrogen and oxygen atoms in total. The highest BCUT2D eigenvalue weighted by Crippen LogP contribution is 2.36. The van der Waals surface area contributed by atoms with Crippen molar-refractivity contribution in [3.05, 3.63) is 101 Å². The summed E-state index contributed by atoms with van der Waals surface area (Å²) in [6.07, 6.45) is 1.86. The highest BCUT2D eigenvalue weighted by atomic mass is 32.2. The third-order valence-electron chi connectivity index (χ3n) is 4.23. The Labute approximate surface area is 173 Å². The van der Waals surface area contributed by atoms with Crippen LogP contribution < -0.4 is 9.64 Å². The van der Waals surface area contributed by atoms with Gasteiger partial charge in [0.25, 0.3) is 5.91 Å². The number of rotatable bonds is 5. The number of hydrogen-bond acceptors (Lipinski definition) is 4. The van der Waals surface area contributed by atoms with E-state index < -0.39 is 0 Å². The molecule has 0 atom stereocenters. The average Bonchev–Trinajstić information content (AvgIpc) is 3.02. The number of ether oxygens (including phenoxy) is 1. The minimum atomic E-state index is -0.0920. The summed E-state index contributed by atoms with van der Waals surface area (Å²) in [4.78, 5) is 15.0. The summed E-state index contributed by atoms with van der Waals surface area (Å²) < 4.78 is 6.35. The van der Waals surface area contributed by atoms with Crippen LogP contribution >= 0.6 is 24.0 Å². The fraction of sp³-hybridized carbons (Fsp3) is 0.0435. The summed E-state index contributed by atoms with van der Waals surface area (Å²) in [7, 11) is 0. The zero-order valence-electron chi connectivity index (χ0n) is 14.9. The number of carbonyl (C=O) groups is 1. The van der Waals surface area contributed by atoms with Crippen LogP contribution in [0.25, 0.3) is 6.08 Å². The van der Waals surface area contributed by atoms with Crippen molar-refractivity contribution in [1.82, 2.24) is 0 Å². The van der Waals surface area contributed by atoms with Crippen molar-refractivity contribution in [1.29, 1.82) is 0 Å². The van der Waals surface area contributed by atoms with Crippen LogP contribution in [0.3, 0.4) is 0 Å². The monoisotopic (exact) mass is 403 g/mol. The van der Waals surface area contributed by atoms with Crippen LogP contribution in [0.1, 0.15) is 11.1 Å². The molecule has 0 bridgehead atoms. The molecule has 1 aliphatic heterocycles. The number of amides is 1. The molecule has 0 aliphatic carbocycles. The Balaban J connectivity index is 1.45. The minimum absolute atomic E-state index is 0.0920. The Kier molecular flexibility index (Phi) is 5.55. The molecule has 1 heterocycles. The SMILES string of the molecule is O=C1/C(=C/c2ccc(OCc3ccccc3)cc2)SC(=S)N1c1ccccc1. The first-order chi connectivity index (χ1) is 13.7. The van der Waals surface area contributed by atoms with Crippen LogP contribution in [0.15, 0.2) is 89.8 Å². The van der Waals surface area contributed by atoms with E-state index in [0.717, 1.165) is 22.6 Å². The van der Waals surface area contributed by atoms with Gasteiger partial charge in [-0.2, -0.15) is 0 Å². The fourth-order valence-corrected chi connectivity index (χ4v) is 4.12. The second kappa shape index (κ2) is 8.42. The van der Waals surface area contributed by atoms with Crippen molar-refractivity contribution >= 4 is 46.0 Å². The lowest BCUT2D eigenvalue weighted by Crippen LogP contribution is -2.27. The van der Waals surface area contributed by atoms with Crippen molar-refractivity contribution in [3.63, 3.8) is 0 Å². The Hall–Kier alpha value is -2.89. The predicted molar refractivity (Wildman–Crippen MR) is 119 cm³/mol. The van der Waals surface area contributed by atoms with Gasteiger partial charge < -0.3 is 4.74 Å². The van der Waals surface area contributed by atoms with Gasteiger partial charge in [0.1, 0.15) is 12.4 Å². The largest absolute Gasteiger partial charge is 0.489 e. The van der Waals surface area contributed by atoms with Gasteiger partial charge in [0.05, 0.1) is 10.6 Å².